The fourth-order valence-corrected chi connectivity index (χ4v) is 3.08. The van der Waals surface area contributed by atoms with E-state index in [1.54, 1.807) is 0 Å². The standard InChI is InChI=1S/C14H13NO2/c1-14(8-15)6-10-11(16)7-17-12-5-3-2-4-9(12)13(10)14/h2-5,10,13H,6-7H2,1H3/t10-,13+,14+/m1/s1. The summed E-state index contributed by atoms with van der Waals surface area (Å²) in [7, 11) is 0. The molecule has 3 atom stereocenters. The molecule has 1 aliphatic heterocycles. The van der Waals surface area contributed by atoms with Gasteiger partial charge in [0.1, 0.15) is 12.4 Å². The zero-order valence-electron chi connectivity index (χ0n) is 9.64. The number of Topliss-reactive ketones (excluding diaryl/α,β-unsaturated/α-hetero) is 1. The van der Waals surface area contributed by atoms with Crippen LogP contribution < -0.4 is 4.74 Å². The maximum absolute atomic E-state index is 11.9. The normalized spacial score (nSPS) is 34.5. The Morgan fingerprint density at radius 2 is 2.24 bits per heavy atom. The second-order valence-electron chi connectivity index (χ2n) is 5.11. The lowest BCUT2D eigenvalue weighted by Gasteiger charge is -2.47. The Hall–Kier alpha value is -1.82. The van der Waals surface area contributed by atoms with Gasteiger partial charge in [-0.15, -0.1) is 0 Å². The molecule has 0 amide bonds. The quantitative estimate of drug-likeness (QED) is 0.683. The maximum atomic E-state index is 11.9. The predicted octanol–water partition coefficient (Wildman–Crippen LogP) is 2.28. The zero-order valence-corrected chi connectivity index (χ0v) is 9.64. The molecule has 3 heteroatoms. The van der Waals surface area contributed by atoms with Crippen molar-refractivity contribution in [1.82, 2.24) is 0 Å². The van der Waals surface area contributed by atoms with E-state index in [-0.39, 0.29) is 24.2 Å². The number of carbonyl (C=O) groups excluding carboxylic acids is 1. The lowest BCUT2D eigenvalue weighted by Crippen LogP contribution is -2.46. The molecule has 3 rings (SSSR count). The number of para-hydroxylation sites is 1. The molecule has 0 spiro atoms. The van der Waals surface area contributed by atoms with Gasteiger partial charge in [-0.2, -0.15) is 5.26 Å². The van der Waals surface area contributed by atoms with E-state index >= 15 is 0 Å². The molecule has 86 valence electrons. The number of hydrogen-bond acceptors (Lipinski definition) is 3. The molecule has 0 N–H and O–H groups in total. The number of fused-ring (bicyclic) bond motifs is 3. The van der Waals surface area contributed by atoms with Gasteiger partial charge in [0.05, 0.1) is 11.5 Å². The van der Waals surface area contributed by atoms with Crippen molar-refractivity contribution >= 4 is 5.78 Å². The summed E-state index contributed by atoms with van der Waals surface area (Å²) in [6, 6.07) is 10.0. The van der Waals surface area contributed by atoms with Crippen molar-refractivity contribution in [2.24, 2.45) is 11.3 Å². The van der Waals surface area contributed by atoms with E-state index in [0.717, 1.165) is 11.3 Å². The molecule has 0 radical (unpaired) electrons. The summed E-state index contributed by atoms with van der Waals surface area (Å²) >= 11 is 0. The highest BCUT2D eigenvalue weighted by Gasteiger charge is 2.56. The van der Waals surface area contributed by atoms with Crippen LogP contribution in [-0.4, -0.2) is 12.4 Å². The molecule has 3 nitrogen and oxygen atoms in total. The maximum Gasteiger partial charge on any atom is 0.173 e. The third-order valence-corrected chi connectivity index (χ3v) is 4.03. The minimum absolute atomic E-state index is 0.00120. The van der Waals surface area contributed by atoms with Gasteiger partial charge in [-0.05, 0) is 25.0 Å². The van der Waals surface area contributed by atoms with Gasteiger partial charge in [0.2, 0.25) is 0 Å². The van der Waals surface area contributed by atoms with Crippen LogP contribution in [0.5, 0.6) is 5.75 Å². The van der Waals surface area contributed by atoms with Crippen molar-refractivity contribution in [3.8, 4) is 11.8 Å². The van der Waals surface area contributed by atoms with Gasteiger partial charge in [-0.3, -0.25) is 4.79 Å². The van der Waals surface area contributed by atoms with Crippen molar-refractivity contribution in [1.29, 1.82) is 5.26 Å². The number of hydrogen-bond donors (Lipinski definition) is 0. The van der Waals surface area contributed by atoms with Gasteiger partial charge >= 0.3 is 0 Å². The van der Waals surface area contributed by atoms with Gasteiger partial charge in [0.15, 0.2) is 5.78 Å². The molecule has 0 unspecified atom stereocenters. The van der Waals surface area contributed by atoms with E-state index in [9.17, 15) is 10.1 Å². The third kappa shape index (κ3) is 1.30. The van der Waals surface area contributed by atoms with Crippen molar-refractivity contribution in [2.75, 3.05) is 6.61 Å². The van der Waals surface area contributed by atoms with E-state index in [0.29, 0.717) is 6.42 Å². The Morgan fingerprint density at radius 1 is 1.47 bits per heavy atom. The van der Waals surface area contributed by atoms with Crippen LogP contribution in [-0.2, 0) is 4.79 Å². The van der Waals surface area contributed by atoms with Crippen molar-refractivity contribution in [2.45, 2.75) is 19.3 Å². The fraction of sp³-hybridized carbons (Fsp3) is 0.429. The smallest absolute Gasteiger partial charge is 0.173 e. The van der Waals surface area contributed by atoms with Crippen LogP contribution in [0.15, 0.2) is 24.3 Å². The van der Waals surface area contributed by atoms with Crippen LogP contribution in [0.3, 0.4) is 0 Å². The molecule has 1 aromatic rings. The number of rotatable bonds is 0. The van der Waals surface area contributed by atoms with E-state index < -0.39 is 5.41 Å². The van der Waals surface area contributed by atoms with E-state index in [4.69, 9.17) is 4.74 Å². The van der Waals surface area contributed by atoms with E-state index in [2.05, 4.69) is 6.07 Å². The summed E-state index contributed by atoms with van der Waals surface area (Å²) in [5.41, 5.74) is 0.586. The Morgan fingerprint density at radius 3 is 3.00 bits per heavy atom. The number of benzene rings is 1. The van der Waals surface area contributed by atoms with Crippen molar-refractivity contribution < 1.29 is 9.53 Å². The van der Waals surface area contributed by atoms with Crippen LogP contribution in [0.25, 0.3) is 0 Å². The largest absolute Gasteiger partial charge is 0.486 e. The first kappa shape index (κ1) is 10.3. The highest BCUT2D eigenvalue weighted by molar-refractivity contribution is 5.86. The number of ether oxygens (including phenoxy) is 1. The average Bonchev–Trinajstić information content (AvgIpc) is 2.44. The van der Waals surface area contributed by atoms with Crippen LogP contribution >= 0.6 is 0 Å². The van der Waals surface area contributed by atoms with Crippen molar-refractivity contribution in [3.63, 3.8) is 0 Å². The molecular weight excluding hydrogens is 214 g/mol. The second-order valence-corrected chi connectivity index (χ2v) is 5.11. The molecule has 0 bridgehead atoms. The van der Waals surface area contributed by atoms with Crippen LogP contribution in [0.1, 0.15) is 24.8 Å². The number of carbonyl (C=O) groups is 1. The monoisotopic (exact) mass is 227 g/mol. The predicted molar refractivity (Wildman–Crippen MR) is 61.5 cm³/mol. The summed E-state index contributed by atoms with van der Waals surface area (Å²) in [6.45, 7) is 2.07. The van der Waals surface area contributed by atoms with Crippen LogP contribution in [0.4, 0.5) is 0 Å². The van der Waals surface area contributed by atoms with Gasteiger partial charge < -0.3 is 4.74 Å². The van der Waals surface area contributed by atoms with Gasteiger partial charge in [0.25, 0.3) is 0 Å². The molecule has 1 aromatic carbocycles. The first-order chi connectivity index (χ1) is 8.15. The molecule has 0 aromatic heterocycles. The minimum Gasteiger partial charge on any atom is -0.486 e. The Bertz CT molecular complexity index is 531. The average molecular weight is 227 g/mol. The lowest BCUT2D eigenvalue weighted by molar-refractivity contribution is -0.131. The highest BCUT2D eigenvalue weighted by Crippen LogP contribution is 2.59. The fourth-order valence-electron chi connectivity index (χ4n) is 3.08. The van der Waals surface area contributed by atoms with E-state index in [1.807, 2.05) is 31.2 Å². The number of nitriles is 1. The van der Waals surface area contributed by atoms with Crippen molar-refractivity contribution in [3.05, 3.63) is 29.8 Å². The van der Waals surface area contributed by atoms with Crippen LogP contribution in [0, 0.1) is 22.7 Å². The first-order valence-electron chi connectivity index (χ1n) is 5.81. The Balaban J connectivity index is 2.12. The van der Waals surface area contributed by atoms with Gasteiger partial charge in [0, 0.05) is 11.8 Å². The highest BCUT2D eigenvalue weighted by atomic mass is 16.5. The summed E-state index contributed by atoms with van der Waals surface area (Å²) in [6.07, 6.45) is 0.657. The second kappa shape index (κ2) is 3.33. The number of ketones is 1. The molecular formula is C14H13NO2. The summed E-state index contributed by atoms with van der Waals surface area (Å²) in [4.78, 5) is 11.9. The molecule has 2 aliphatic rings. The molecule has 1 aliphatic carbocycles. The minimum atomic E-state index is -0.426. The van der Waals surface area contributed by atoms with Gasteiger partial charge in [-0.25, -0.2) is 0 Å². The summed E-state index contributed by atoms with van der Waals surface area (Å²) in [5, 5.41) is 9.29. The Kier molecular flexibility index (Phi) is 2.03. The van der Waals surface area contributed by atoms with Gasteiger partial charge in [-0.1, -0.05) is 18.2 Å². The molecule has 1 fully saturated rings. The topological polar surface area (TPSA) is 50.1 Å². The van der Waals surface area contributed by atoms with Crippen LogP contribution in [0.2, 0.25) is 0 Å². The molecule has 1 heterocycles. The Labute approximate surface area is 100 Å². The SMILES string of the molecule is C[C@@]1(C#N)C[C@@H]2C(=O)COc3ccccc3[C@@H]21. The molecule has 1 saturated carbocycles. The lowest BCUT2D eigenvalue weighted by atomic mass is 9.52. The van der Waals surface area contributed by atoms with E-state index in [1.165, 1.54) is 0 Å². The first-order valence-corrected chi connectivity index (χ1v) is 5.81. The molecule has 0 saturated heterocycles. The molecule has 17 heavy (non-hydrogen) atoms. The zero-order chi connectivity index (χ0) is 12.0. The summed E-state index contributed by atoms with van der Waals surface area (Å²) in [5.74, 6) is 0.843. The third-order valence-electron chi connectivity index (χ3n) is 4.03. The summed E-state index contributed by atoms with van der Waals surface area (Å²) < 4.78 is 5.52. The number of nitrogens with zero attached hydrogens (tertiary/aromatic N) is 1.